The number of phenolic OH excluding ortho intramolecular Hbond substituents is 1. The van der Waals surface area contributed by atoms with E-state index in [1.807, 2.05) is 13.8 Å². The summed E-state index contributed by atoms with van der Waals surface area (Å²) in [6.07, 6.45) is 0.335. The Morgan fingerprint density at radius 3 is 2.26 bits per heavy atom. The van der Waals surface area contributed by atoms with Crippen LogP contribution in [0.25, 0.3) is 0 Å². The zero-order valence-corrected chi connectivity index (χ0v) is 18.4. The van der Waals surface area contributed by atoms with E-state index in [2.05, 4.69) is 15.4 Å². The molecule has 0 fully saturated rings. The number of aromatic hydroxyl groups is 1. The summed E-state index contributed by atoms with van der Waals surface area (Å²) < 4.78 is 10.7. The number of nitrogens with one attached hydrogen (secondary N) is 2. The van der Waals surface area contributed by atoms with Crippen molar-refractivity contribution in [2.45, 2.75) is 41.0 Å². The molecule has 0 saturated heterocycles. The average Bonchev–Trinajstić information content (AvgIpc) is 2.66. The normalized spacial score (nSPS) is 10.5. The molecule has 0 saturated carbocycles. The van der Waals surface area contributed by atoms with E-state index in [0.717, 1.165) is 11.1 Å². The predicted molar refractivity (Wildman–Crippen MR) is 117 cm³/mol. The van der Waals surface area contributed by atoms with Crippen LogP contribution in [0.15, 0.2) is 30.3 Å². The van der Waals surface area contributed by atoms with E-state index in [9.17, 15) is 19.5 Å². The number of ether oxygens (including phenoxy) is 2. The Labute approximate surface area is 181 Å². The Kier molecular flexibility index (Phi) is 8.01. The summed E-state index contributed by atoms with van der Waals surface area (Å²) in [6.45, 7) is 9.20. The second-order valence-corrected chi connectivity index (χ2v) is 7.54. The zero-order valence-electron chi connectivity index (χ0n) is 18.4. The molecule has 0 aliphatic heterocycles. The van der Waals surface area contributed by atoms with Crippen LogP contribution in [0, 0.1) is 19.8 Å². The molecule has 0 unspecified atom stereocenters. The fourth-order valence-electron chi connectivity index (χ4n) is 2.93. The number of aryl methyl sites for hydroxylation is 2. The predicted octanol–water partition coefficient (Wildman–Crippen LogP) is 4.29. The largest absolute Gasteiger partial charge is 0.506 e. The van der Waals surface area contributed by atoms with Crippen molar-refractivity contribution in [2.24, 2.45) is 5.92 Å². The van der Waals surface area contributed by atoms with Crippen LogP contribution in [-0.2, 0) is 19.1 Å². The summed E-state index contributed by atoms with van der Waals surface area (Å²) in [7, 11) is 0. The fraction of sp³-hybridized carbons (Fsp3) is 0.348. The van der Waals surface area contributed by atoms with E-state index in [0.29, 0.717) is 23.6 Å². The van der Waals surface area contributed by atoms with Crippen molar-refractivity contribution in [1.82, 2.24) is 0 Å². The first-order chi connectivity index (χ1) is 14.6. The topological polar surface area (TPSA) is 114 Å². The SMILES string of the molecule is CCOC(=O)C(=O)Nc1cc(C)c(Oc2ccc(O)c(NC(=O)CC(C)C)c2)c(C)c1. The van der Waals surface area contributed by atoms with Gasteiger partial charge >= 0.3 is 11.9 Å². The molecule has 2 rings (SSSR count). The Hall–Kier alpha value is -3.55. The van der Waals surface area contributed by atoms with Gasteiger partial charge in [0.2, 0.25) is 5.91 Å². The molecule has 0 aliphatic rings. The van der Waals surface area contributed by atoms with E-state index < -0.39 is 11.9 Å². The number of esters is 1. The van der Waals surface area contributed by atoms with Gasteiger partial charge in [0, 0.05) is 18.2 Å². The van der Waals surface area contributed by atoms with Gasteiger partial charge in [-0.05, 0) is 62.1 Å². The van der Waals surface area contributed by atoms with Gasteiger partial charge in [-0.15, -0.1) is 0 Å². The van der Waals surface area contributed by atoms with Gasteiger partial charge in [-0.2, -0.15) is 0 Å². The van der Waals surface area contributed by atoms with E-state index in [4.69, 9.17) is 4.74 Å². The van der Waals surface area contributed by atoms with E-state index in [1.165, 1.54) is 6.07 Å². The lowest BCUT2D eigenvalue weighted by Gasteiger charge is -2.16. The van der Waals surface area contributed by atoms with Crippen LogP contribution >= 0.6 is 0 Å². The zero-order chi connectivity index (χ0) is 23.1. The monoisotopic (exact) mass is 428 g/mol. The number of hydrogen-bond acceptors (Lipinski definition) is 6. The van der Waals surface area contributed by atoms with Crippen LogP contribution in [0.3, 0.4) is 0 Å². The first-order valence-corrected chi connectivity index (χ1v) is 10.0. The number of anilines is 2. The summed E-state index contributed by atoms with van der Waals surface area (Å²) in [5.41, 5.74) is 2.14. The molecule has 8 nitrogen and oxygen atoms in total. The quantitative estimate of drug-likeness (QED) is 0.344. The molecule has 0 atom stereocenters. The Morgan fingerprint density at radius 1 is 1.03 bits per heavy atom. The van der Waals surface area contributed by atoms with Crippen LogP contribution in [0.1, 0.15) is 38.3 Å². The first-order valence-electron chi connectivity index (χ1n) is 10.0. The number of carbonyl (C=O) groups excluding carboxylic acids is 3. The van der Waals surface area contributed by atoms with Crippen molar-refractivity contribution in [3.8, 4) is 17.2 Å². The van der Waals surface area contributed by atoms with E-state index >= 15 is 0 Å². The van der Waals surface area contributed by atoms with Crippen molar-refractivity contribution >= 4 is 29.2 Å². The number of rotatable bonds is 7. The Balaban J connectivity index is 2.19. The number of carbonyl (C=O) groups is 3. The highest BCUT2D eigenvalue weighted by atomic mass is 16.5. The van der Waals surface area contributed by atoms with Gasteiger partial charge < -0.3 is 25.2 Å². The molecule has 0 bridgehead atoms. The van der Waals surface area contributed by atoms with Crippen molar-refractivity contribution in [3.05, 3.63) is 41.5 Å². The van der Waals surface area contributed by atoms with Gasteiger partial charge in [-0.1, -0.05) is 13.8 Å². The third kappa shape index (κ3) is 6.74. The third-order valence-corrected chi connectivity index (χ3v) is 4.23. The van der Waals surface area contributed by atoms with Crippen LogP contribution < -0.4 is 15.4 Å². The molecule has 0 radical (unpaired) electrons. The number of benzene rings is 2. The maximum Gasteiger partial charge on any atom is 0.397 e. The Morgan fingerprint density at radius 2 is 1.68 bits per heavy atom. The molecule has 31 heavy (non-hydrogen) atoms. The highest BCUT2D eigenvalue weighted by Gasteiger charge is 2.17. The molecule has 2 amide bonds. The lowest BCUT2D eigenvalue weighted by Crippen LogP contribution is -2.25. The first kappa shape index (κ1) is 23.7. The van der Waals surface area contributed by atoms with E-state index in [-0.39, 0.29) is 29.9 Å². The van der Waals surface area contributed by atoms with Gasteiger partial charge in [0.25, 0.3) is 0 Å². The van der Waals surface area contributed by atoms with Crippen LogP contribution in [0.4, 0.5) is 11.4 Å². The van der Waals surface area contributed by atoms with Crippen molar-refractivity contribution < 1.29 is 29.0 Å². The molecule has 0 aliphatic carbocycles. The minimum Gasteiger partial charge on any atom is -0.506 e. The second-order valence-electron chi connectivity index (χ2n) is 7.54. The van der Waals surface area contributed by atoms with Gasteiger partial charge in [0.05, 0.1) is 12.3 Å². The van der Waals surface area contributed by atoms with Crippen LogP contribution in [0.2, 0.25) is 0 Å². The minimum absolute atomic E-state index is 0.0603. The number of amides is 2. The molecule has 2 aromatic carbocycles. The number of hydrogen-bond donors (Lipinski definition) is 3. The third-order valence-electron chi connectivity index (χ3n) is 4.23. The van der Waals surface area contributed by atoms with Gasteiger partial charge in [-0.25, -0.2) is 4.79 Å². The molecule has 2 aromatic rings. The van der Waals surface area contributed by atoms with Gasteiger partial charge in [-0.3, -0.25) is 9.59 Å². The van der Waals surface area contributed by atoms with Crippen LogP contribution in [0.5, 0.6) is 17.2 Å². The maximum atomic E-state index is 12.0. The molecule has 0 aromatic heterocycles. The molecule has 3 N–H and O–H groups in total. The number of phenols is 1. The Bertz CT molecular complexity index is 961. The summed E-state index contributed by atoms with van der Waals surface area (Å²) >= 11 is 0. The van der Waals surface area contributed by atoms with Gasteiger partial charge in [0.15, 0.2) is 0 Å². The molecule has 166 valence electrons. The molecular weight excluding hydrogens is 400 g/mol. The van der Waals surface area contributed by atoms with Crippen molar-refractivity contribution in [3.63, 3.8) is 0 Å². The van der Waals surface area contributed by atoms with Crippen molar-refractivity contribution in [2.75, 3.05) is 17.2 Å². The lowest BCUT2D eigenvalue weighted by molar-refractivity contribution is -0.152. The molecular formula is C23H28N2O6. The summed E-state index contributed by atoms with van der Waals surface area (Å²) in [4.78, 5) is 35.4. The lowest BCUT2D eigenvalue weighted by atomic mass is 10.1. The summed E-state index contributed by atoms with van der Waals surface area (Å²) in [5.74, 6) is -0.892. The summed E-state index contributed by atoms with van der Waals surface area (Å²) in [5, 5.41) is 15.2. The van der Waals surface area contributed by atoms with E-state index in [1.54, 1.807) is 45.0 Å². The molecule has 0 spiro atoms. The second kappa shape index (κ2) is 10.5. The smallest absolute Gasteiger partial charge is 0.397 e. The molecule has 8 heteroatoms. The molecule has 0 heterocycles. The van der Waals surface area contributed by atoms with Crippen LogP contribution in [-0.4, -0.2) is 29.5 Å². The maximum absolute atomic E-state index is 12.0. The highest BCUT2D eigenvalue weighted by molar-refractivity contribution is 6.37. The van der Waals surface area contributed by atoms with Crippen molar-refractivity contribution in [1.29, 1.82) is 0 Å². The minimum atomic E-state index is -0.950. The highest BCUT2D eigenvalue weighted by Crippen LogP contribution is 2.35. The average molecular weight is 428 g/mol. The fourth-order valence-corrected chi connectivity index (χ4v) is 2.93. The standard InChI is InChI=1S/C23H28N2O6/c1-6-30-23(29)22(28)24-16-10-14(4)21(15(5)11-16)31-17-7-8-19(26)18(12-17)25-20(27)9-13(2)3/h7-8,10-13,26H,6,9H2,1-5H3,(H,24,28)(H,25,27). The summed E-state index contributed by atoms with van der Waals surface area (Å²) in [6, 6.07) is 7.92. The van der Waals surface area contributed by atoms with Gasteiger partial charge in [0.1, 0.15) is 17.2 Å².